The van der Waals surface area contributed by atoms with Crippen molar-refractivity contribution in [3.05, 3.63) is 70.2 Å². The number of aromatic nitrogens is 2. The molecule has 0 N–H and O–H groups in total. The molecule has 0 atom stereocenters. The molecule has 0 amide bonds. The molecule has 0 saturated carbocycles. The van der Waals surface area contributed by atoms with Crippen LogP contribution in [-0.2, 0) is 17.9 Å². The Morgan fingerprint density at radius 2 is 2.18 bits per heavy atom. The SMILES string of the molecule is O=c1ccc2c(n1-c1cccnc1)COC/C=C(/F)C=NC2. The fraction of sp³-hybridized carbons (Fsp3) is 0.188. The van der Waals surface area contributed by atoms with Gasteiger partial charge in [-0.2, -0.15) is 0 Å². The summed E-state index contributed by atoms with van der Waals surface area (Å²) in [5.74, 6) is -0.427. The average Bonchev–Trinajstić information content (AvgIpc) is 2.54. The third-order valence-electron chi connectivity index (χ3n) is 3.30. The minimum absolute atomic E-state index is 0.118. The van der Waals surface area contributed by atoms with E-state index in [4.69, 9.17) is 4.74 Å². The van der Waals surface area contributed by atoms with E-state index >= 15 is 0 Å². The summed E-state index contributed by atoms with van der Waals surface area (Å²) in [5.41, 5.74) is 2.01. The highest BCUT2D eigenvalue weighted by atomic mass is 19.1. The molecular formula is C16H14FN3O2. The molecule has 0 spiro atoms. The maximum absolute atomic E-state index is 13.3. The largest absolute Gasteiger partial charge is 0.371 e. The van der Waals surface area contributed by atoms with E-state index in [1.165, 1.54) is 12.1 Å². The summed E-state index contributed by atoms with van der Waals surface area (Å²) in [7, 11) is 0. The number of pyridine rings is 2. The molecule has 0 unspecified atom stereocenters. The second-order valence-electron chi connectivity index (χ2n) is 4.76. The molecule has 22 heavy (non-hydrogen) atoms. The van der Waals surface area contributed by atoms with E-state index in [2.05, 4.69) is 9.98 Å². The van der Waals surface area contributed by atoms with Crippen molar-refractivity contribution >= 4 is 6.21 Å². The zero-order valence-corrected chi connectivity index (χ0v) is 11.8. The van der Waals surface area contributed by atoms with E-state index in [0.717, 1.165) is 11.8 Å². The number of hydrogen-bond acceptors (Lipinski definition) is 4. The number of rotatable bonds is 1. The molecule has 5 nitrogen and oxygen atoms in total. The van der Waals surface area contributed by atoms with Crippen LogP contribution in [0.4, 0.5) is 4.39 Å². The van der Waals surface area contributed by atoms with Crippen LogP contribution < -0.4 is 5.56 Å². The van der Waals surface area contributed by atoms with Gasteiger partial charge in [-0.25, -0.2) is 4.39 Å². The Balaban J connectivity index is 2.12. The zero-order valence-electron chi connectivity index (χ0n) is 11.8. The smallest absolute Gasteiger partial charge is 0.255 e. The van der Waals surface area contributed by atoms with Crippen LogP contribution in [0.1, 0.15) is 11.3 Å². The Hall–Kier alpha value is -2.60. The van der Waals surface area contributed by atoms with Gasteiger partial charge in [-0.15, -0.1) is 0 Å². The molecule has 1 aliphatic heterocycles. The van der Waals surface area contributed by atoms with Crippen molar-refractivity contribution in [2.24, 2.45) is 4.99 Å². The molecule has 6 heteroatoms. The topological polar surface area (TPSA) is 56.5 Å². The lowest BCUT2D eigenvalue weighted by atomic mass is 10.1. The van der Waals surface area contributed by atoms with Crippen molar-refractivity contribution in [1.29, 1.82) is 0 Å². The van der Waals surface area contributed by atoms with Gasteiger partial charge in [-0.05, 0) is 29.8 Å². The minimum atomic E-state index is -0.427. The molecule has 0 saturated heterocycles. The number of nitrogens with zero attached hydrogens (tertiary/aromatic N) is 3. The Morgan fingerprint density at radius 1 is 1.27 bits per heavy atom. The van der Waals surface area contributed by atoms with Crippen molar-refractivity contribution in [2.75, 3.05) is 6.61 Å². The van der Waals surface area contributed by atoms with Gasteiger partial charge < -0.3 is 4.74 Å². The van der Waals surface area contributed by atoms with E-state index in [0.29, 0.717) is 11.4 Å². The molecule has 112 valence electrons. The van der Waals surface area contributed by atoms with Crippen molar-refractivity contribution in [2.45, 2.75) is 13.2 Å². The molecule has 0 aliphatic carbocycles. The number of hydrogen-bond donors (Lipinski definition) is 0. The molecular weight excluding hydrogens is 285 g/mol. The summed E-state index contributed by atoms with van der Waals surface area (Å²) in [5, 5.41) is 0. The van der Waals surface area contributed by atoms with Crippen LogP contribution in [0.25, 0.3) is 5.69 Å². The van der Waals surface area contributed by atoms with Crippen LogP contribution in [0, 0.1) is 0 Å². The Morgan fingerprint density at radius 3 is 3.00 bits per heavy atom. The second kappa shape index (κ2) is 6.44. The highest BCUT2D eigenvalue weighted by Crippen LogP contribution is 2.15. The van der Waals surface area contributed by atoms with E-state index < -0.39 is 5.83 Å². The van der Waals surface area contributed by atoms with Crippen molar-refractivity contribution < 1.29 is 9.13 Å². The summed E-state index contributed by atoms with van der Waals surface area (Å²) < 4.78 is 20.3. The van der Waals surface area contributed by atoms with Gasteiger partial charge in [-0.3, -0.25) is 19.3 Å². The average molecular weight is 299 g/mol. The quantitative estimate of drug-likeness (QED) is 0.811. The first kappa shape index (κ1) is 14.3. The second-order valence-corrected chi connectivity index (χ2v) is 4.76. The predicted octanol–water partition coefficient (Wildman–Crippen LogP) is 2.19. The third-order valence-corrected chi connectivity index (χ3v) is 3.30. The summed E-state index contributed by atoms with van der Waals surface area (Å²) in [6.07, 6.45) is 5.73. The highest BCUT2D eigenvalue weighted by Gasteiger charge is 2.12. The lowest BCUT2D eigenvalue weighted by molar-refractivity contribution is 0.142. The standard InChI is InChI=1S/C16H14FN3O2/c17-13-5-7-22-11-15-12(8-19-9-13)3-4-16(21)20(15)14-2-1-6-18-10-14/h1-6,9-10H,7-8,11H2/b13-5+,19-9?. The van der Waals surface area contributed by atoms with Crippen molar-refractivity contribution in [3.63, 3.8) is 0 Å². The van der Waals surface area contributed by atoms with Gasteiger partial charge in [-0.1, -0.05) is 0 Å². The molecule has 1 aliphatic rings. The van der Waals surface area contributed by atoms with Crippen LogP contribution in [0.15, 0.2) is 58.3 Å². The summed E-state index contributed by atoms with van der Waals surface area (Å²) in [4.78, 5) is 20.4. The molecule has 3 heterocycles. The number of allylic oxidation sites excluding steroid dienone is 1. The van der Waals surface area contributed by atoms with Crippen LogP contribution >= 0.6 is 0 Å². The fourth-order valence-electron chi connectivity index (χ4n) is 2.27. The van der Waals surface area contributed by atoms with Crippen LogP contribution in [0.3, 0.4) is 0 Å². The van der Waals surface area contributed by atoms with Crippen LogP contribution in [-0.4, -0.2) is 22.4 Å². The van der Waals surface area contributed by atoms with E-state index in [-0.39, 0.29) is 25.3 Å². The molecule has 0 radical (unpaired) electrons. The van der Waals surface area contributed by atoms with Crippen molar-refractivity contribution in [3.8, 4) is 5.69 Å². The number of fused-ring (bicyclic) bond motifs is 1. The van der Waals surface area contributed by atoms with E-state index in [9.17, 15) is 9.18 Å². The third kappa shape index (κ3) is 3.01. The van der Waals surface area contributed by atoms with Gasteiger partial charge in [0.15, 0.2) is 0 Å². The number of halogens is 1. The van der Waals surface area contributed by atoms with E-state index in [1.807, 2.05) is 0 Å². The maximum atomic E-state index is 13.3. The summed E-state index contributed by atoms with van der Waals surface area (Å²) >= 11 is 0. The van der Waals surface area contributed by atoms with Gasteiger partial charge >= 0.3 is 0 Å². The van der Waals surface area contributed by atoms with Crippen LogP contribution in [0.5, 0.6) is 0 Å². The molecule has 2 aromatic rings. The molecule has 0 bridgehead atoms. The number of aliphatic imine (C=N–C) groups is 1. The van der Waals surface area contributed by atoms with Gasteiger partial charge in [0.2, 0.25) is 0 Å². The monoisotopic (exact) mass is 299 g/mol. The highest BCUT2D eigenvalue weighted by molar-refractivity contribution is 5.75. The Kier molecular flexibility index (Phi) is 4.20. The first-order chi connectivity index (χ1) is 10.8. The maximum Gasteiger partial charge on any atom is 0.255 e. The lowest BCUT2D eigenvalue weighted by Crippen LogP contribution is -2.23. The number of ether oxygens (including phenoxy) is 1. The predicted molar refractivity (Wildman–Crippen MR) is 80.9 cm³/mol. The Labute approximate surface area is 126 Å². The molecule has 0 fully saturated rings. The normalized spacial score (nSPS) is 17.4. The zero-order chi connectivity index (χ0) is 15.4. The van der Waals surface area contributed by atoms with Gasteiger partial charge in [0.1, 0.15) is 5.83 Å². The summed E-state index contributed by atoms with van der Waals surface area (Å²) in [6.45, 7) is 0.591. The molecule has 3 rings (SSSR count). The van der Waals surface area contributed by atoms with Crippen LogP contribution in [0.2, 0.25) is 0 Å². The van der Waals surface area contributed by atoms with E-state index in [1.54, 1.807) is 35.2 Å². The Bertz CT molecular complexity index is 782. The minimum Gasteiger partial charge on any atom is -0.371 e. The van der Waals surface area contributed by atoms with Gasteiger partial charge in [0.25, 0.3) is 5.56 Å². The lowest BCUT2D eigenvalue weighted by Gasteiger charge is -2.16. The first-order valence-electron chi connectivity index (χ1n) is 6.83. The fourth-order valence-corrected chi connectivity index (χ4v) is 2.27. The summed E-state index contributed by atoms with van der Waals surface area (Å²) in [6, 6.07) is 6.74. The molecule has 2 aromatic heterocycles. The van der Waals surface area contributed by atoms with Crippen molar-refractivity contribution in [1.82, 2.24) is 9.55 Å². The van der Waals surface area contributed by atoms with Gasteiger partial charge in [0, 0.05) is 12.3 Å². The molecule has 0 aromatic carbocycles. The first-order valence-corrected chi connectivity index (χ1v) is 6.83. The van der Waals surface area contributed by atoms with Gasteiger partial charge in [0.05, 0.1) is 43.6 Å².